The van der Waals surface area contributed by atoms with Crippen LogP contribution in [0.1, 0.15) is 0 Å². The lowest BCUT2D eigenvalue weighted by Crippen LogP contribution is -2.19. The minimum atomic E-state index is -4.00. The molecule has 2 amide bonds. The summed E-state index contributed by atoms with van der Waals surface area (Å²) in [4.78, 5) is 10.5. The fraction of sp³-hybridized carbons (Fsp3) is 0. The van der Waals surface area contributed by atoms with Gasteiger partial charge in [0.25, 0.3) is 10.0 Å². The molecule has 116 valence electrons. The Balaban J connectivity index is 2.30. The monoisotopic (exact) mass is 343 g/mol. The topological polar surface area (TPSA) is 101 Å². The number of nitrogens with one attached hydrogen (secondary N) is 2. The van der Waals surface area contributed by atoms with E-state index in [4.69, 9.17) is 17.3 Å². The number of carbonyl (C=O) groups excluding carboxylic acids is 1. The Bertz CT molecular complexity index is 827. The van der Waals surface area contributed by atoms with E-state index in [-0.39, 0.29) is 15.6 Å². The van der Waals surface area contributed by atoms with Crippen molar-refractivity contribution < 1.29 is 17.6 Å². The van der Waals surface area contributed by atoms with Gasteiger partial charge in [0.15, 0.2) is 0 Å². The average Bonchev–Trinajstić information content (AvgIpc) is 2.36. The maximum Gasteiger partial charge on any atom is 0.316 e. The van der Waals surface area contributed by atoms with Gasteiger partial charge in [-0.05, 0) is 36.4 Å². The molecule has 0 aliphatic heterocycles. The molecule has 2 aromatic carbocycles. The number of sulfonamides is 1. The summed E-state index contributed by atoms with van der Waals surface area (Å²) in [5.41, 5.74) is 5.49. The normalized spacial score (nSPS) is 11.0. The lowest BCUT2D eigenvalue weighted by molar-refractivity contribution is 0.259. The van der Waals surface area contributed by atoms with Gasteiger partial charge in [-0.15, -0.1) is 0 Å². The molecule has 0 heterocycles. The van der Waals surface area contributed by atoms with Crippen molar-refractivity contribution in [3.63, 3.8) is 0 Å². The van der Waals surface area contributed by atoms with Crippen molar-refractivity contribution in [2.45, 2.75) is 4.90 Å². The predicted molar refractivity (Wildman–Crippen MR) is 81.9 cm³/mol. The van der Waals surface area contributed by atoms with E-state index in [0.717, 1.165) is 18.2 Å². The minimum Gasteiger partial charge on any atom is -0.351 e. The second kappa shape index (κ2) is 6.20. The van der Waals surface area contributed by atoms with Gasteiger partial charge in [-0.2, -0.15) is 0 Å². The zero-order valence-electron chi connectivity index (χ0n) is 11.0. The number of anilines is 2. The maximum atomic E-state index is 13.0. The van der Waals surface area contributed by atoms with Crippen molar-refractivity contribution in [1.29, 1.82) is 0 Å². The molecule has 0 radical (unpaired) electrons. The standard InChI is InChI=1S/C13H11ClFN3O3S/c14-11-6-8(15)4-5-12(11)22(20,21)18-10-3-1-2-9(7-10)17-13(16)19/h1-7,18H,(H3,16,17,19). The number of urea groups is 1. The van der Waals surface area contributed by atoms with E-state index in [1.807, 2.05) is 0 Å². The fourth-order valence-corrected chi connectivity index (χ4v) is 3.29. The Hall–Kier alpha value is -2.32. The highest BCUT2D eigenvalue weighted by molar-refractivity contribution is 7.92. The van der Waals surface area contributed by atoms with Crippen molar-refractivity contribution in [3.05, 3.63) is 53.3 Å². The molecule has 0 aromatic heterocycles. The van der Waals surface area contributed by atoms with Crippen LogP contribution < -0.4 is 15.8 Å². The van der Waals surface area contributed by atoms with Crippen molar-refractivity contribution in [1.82, 2.24) is 0 Å². The van der Waals surface area contributed by atoms with Crippen molar-refractivity contribution >= 4 is 39.0 Å². The molecule has 9 heteroatoms. The summed E-state index contributed by atoms with van der Waals surface area (Å²) in [6.07, 6.45) is 0. The van der Waals surface area contributed by atoms with Crippen LogP contribution in [0.4, 0.5) is 20.6 Å². The van der Waals surface area contributed by atoms with E-state index in [1.54, 1.807) is 0 Å². The second-order valence-electron chi connectivity index (χ2n) is 4.25. The zero-order valence-corrected chi connectivity index (χ0v) is 12.6. The smallest absolute Gasteiger partial charge is 0.316 e. The highest BCUT2D eigenvalue weighted by Crippen LogP contribution is 2.25. The van der Waals surface area contributed by atoms with Crippen LogP contribution in [0.2, 0.25) is 5.02 Å². The molecule has 0 spiro atoms. The molecule has 0 atom stereocenters. The molecule has 22 heavy (non-hydrogen) atoms. The lowest BCUT2D eigenvalue weighted by Gasteiger charge is -2.10. The lowest BCUT2D eigenvalue weighted by atomic mass is 10.3. The number of benzene rings is 2. The van der Waals surface area contributed by atoms with Crippen LogP contribution in [0.5, 0.6) is 0 Å². The molecule has 4 N–H and O–H groups in total. The van der Waals surface area contributed by atoms with Crippen LogP contribution in [0.3, 0.4) is 0 Å². The number of halogens is 2. The number of primary amides is 1. The second-order valence-corrected chi connectivity index (χ2v) is 6.31. The molecule has 0 saturated heterocycles. The van der Waals surface area contributed by atoms with E-state index in [0.29, 0.717) is 5.69 Å². The van der Waals surface area contributed by atoms with Gasteiger partial charge in [0, 0.05) is 5.69 Å². The Kier molecular flexibility index (Phi) is 4.53. The molecule has 0 saturated carbocycles. The largest absolute Gasteiger partial charge is 0.351 e. The quantitative estimate of drug-likeness (QED) is 0.795. The van der Waals surface area contributed by atoms with Crippen LogP contribution in [0.25, 0.3) is 0 Å². The number of nitrogens with two attached hydrogens (primary N) is 1. The van der Waals surface area contributed by atoms with Gasteiger partial charge in [-0.3, -0.25) is 4.72 Å². The van der Waals surface area contributed by atoms with Crippen LogP contribution in [0, 0.1) is 5.82 Å². The summed E-state index contributed by atoms with van der Waals surface area (Å²) in [6.45, 7) is 0. The SMILES string of the molecule is NC(=O)Nc1cccc(NS(=O)(=O)c2ccc(F)cc2Cl)c1. The molecule has 0 fully saturated rings. The first kappa shape index (κ1) is 16.1. The first-order chi connectivity index (χ1) is 10.3. The van der Waals surface area contributed by atoms with Gasteiger partial charge < -0.3 is 11.1 Å². The first-order valence-corrected chi connectivity index (χ1v) is 7.78. The van der Waals surface area contributed by atoms with Crippen LogP contribution >= 0.6 is 11.6 Å². The molecule has 2 rings (SSSR count). The molecular formula is C13H11ClFN3O3S. The van der Waals surface area contributed by atoms with Crippen LogP contribution in [0.15, 0.2) is 47.4 Å². The molecule has 0 aliphatic rings. The Morgan fingerprint density at radius 1 is 1.14 bits per heavy atom. The summed E-state index contributed by atoms with van der Waals surface area (Å²) >= 11 is 5.75. The van der Waals surface area contributed by atoms with Crippen molar-refractivity contribution in [2.24, 2.45) is 5.73 Å². The summed E-state index contributed by atoms with van der Waals surface area (Å²) in [5.74, 6) is -0.642. The first-order valence-electron chi connectivity index (χ1n) is 5.92. The number of rotatable bonds is 4. The van der Waals surface area contributed by atoms with E-state index < -0.39 is 21.9 Å². The van der Waals surface area contributed by atoms with Gasteiger partial charge in [0.05, 0.1) is 10.7 Å². The molecule has 0 unspecified atom stereocenters. The van der Waals surface area contributed by atoms with E-state index >= 15 is 0 Å². The maximum absolute atomic E-state index is 13.0. The summed E-state index contributed by atoms with van der Waals surface area (Å²) < 4.78 is 39.7. The van der Waals surface area contributed by atoms with Crippen LogP contribution in [-0.4, -0.2) is 14.4 Å². The van der Waals surface area contributed by atoms with Crippen LogP contribution in [-0.2, 0) is 10.0 Å². The van der Waals surface area contributed by atoms with Crippen molar-refractivity contribution in [3.8, 4) is 0 Å². The van der Waals surface area contributed by atoms with Gasteiger partial charge in [-0.25, -0.2) is 17.6 Å². The zero-order chi connectivity index (χ0) is 16.3. The minimum absolute atomic E-state index is 0.187. The van der Waals surface area contributed by atoms with Gasteiger partial charge in [-0.1, -0.05) is 17.7 Å². The third-order valence-electron chi connectivity index (χ3n) is 2.57. The average molecular weight is 344 g/mol. The number of amides is 2. The molecule has 0 aliphatic carbocycles. The Labute approximate surface area is 131 Å². The summed E-state index contributed by atoms with van der Waals surface area (Å²) in [6, 6.07) is 8.09. The van der Waals surface area contributed by atoms with E-state index in [9.17, 15) is 17.6 Å². The Morgan fingerprint density at radius 3 is 2.45 bits per heavy atom. The summed E-state index contributed by atoms with van der Waals surface area (Å²) in [7, 11) is -4.00. The summed E-state index contributed by atoms with van der Waals surface area (Å²) in [5, 5.41) is 2.08. The third kappa shape index (κ3) is 3.86. The predicted octanol–water partition coefficient (Wildman–Crippen LogP) is 2.77. The fourth-order valence-electron chi connectivity index (χ4n) is 1.71. The molecule has 0 bridgehead atoms. The third-order valence-corrected chi connectivity index (χ3v) is 4.43. The highest BCUT2D eigenvalue weighted by atomic mass is 35.5. The van der Waals surface area contributed by atoms with Crippen molar-refractivity contribution in [2.75, 3.05) is 10.0 Å². The molecular weight excluding hydrogens is 333 g/mol. The van der Waals surface area contributed by atoms with Gasteiger partial charge in [0.2, 0.25) is 0 Å². The number of hydrogen-bond donors (Lipinski definition) is 3. The Morgan fingerprint density at radius 2 is 1.82 bits per heavy atom. The van der Waals surface area contributed by atoms with E-state index in [2.05, 4.69) is 10.0 Å². The molecule has 6 nitrogen and oxygen atoms in total. The molecule has 2 aromatic rings. The highest BCUT2D eigenvalue weighted by Gasteiger charge is 2.18. The number of carbonyl (C=O) groups is 1. The number of hydrogen-bond acceptors (Lipinski definition) is 3. The van der Waals surface area contributed by atoms with Gasteiger partial charge >= 0.3 is 6.03 Å². The van der Waals surface area contributed by atoms with Gasteiger partial charge in [0.1, 0.15) is 10.7 Å². The van der Waals surface area contributed by atoms with E-state index in [1.165, 1.54) is 24.3 Å².